The van der Waals surface area contributed by atoms with Gasteiger partial charge in [0.25, 0.3) is 5.91 Å². The van der Waals surface area contributed by atoms with E-state index in [1.165, 1.54) is 18.2 Å². The summed E-state index contributed by atoms with van der Waals surface area (Å²) in [5.41, 5.74) is 1.84. The van der Waals surface area contributed by atoms with Crippen LogP contribution in [0.15, 0.2) is 59.2 Å². The Morgan fingerprint density at radius 3 is 2.81 bits per heavy atom. The minimum atomic E-state index is -0.396. The van der Waals surface area contributed by atoms with Crippen LogP contribution in [0.4, 0.5) is 10.1 Å². The second kappa shape index (κ2) is 5.61. The van der Waals surface area contributed by atoms with Crippen molar-refractivity contribution in [2.75, 3.05) is 5.32 Å². The van der Waals surface area contributed by atoms with Gasteiger partial charge in [0.05, 0.1) is 16.8 Å². The number of fused-ring (bicyclic) bond motifs is 1. The number of anilines is 1. The zero-order valence-corrected chi connectivity index (χ0v) is 12.4. The third-order valence-corrected chi connectivity index (χ3v) is 3.73. The summed E-state index contributed by atoms with van der Waals surface area (Å²) >= 11 is 3.20. The van der Waals surface area contributed by atoms with Gasteiger partial charge in [0.2, 0.25) is 0 Å². The molecule has 0 aliphatic heterocycles. The fraction of sp³-hybridized carbons (Fsp3) is 0. The monoisotopic (exact) mass is 344 g/mol. The smallest absolute Gasteiger partial charge is 0.256 e. The summed E-state index contributed by atoms with van der Waals surface area (Å²) in [6.07, 6.45) is 1.70. The van der Waals surface area contributed by atoms with Crippen molar-refractivity contribution in [1.82, 2.24) is 4.98 Å². The van der Waals surface area contributed by atoms with Crippen molar-refractivity contribution >= 4 is 38.4 Å². The second-order valence-corrected chi connectivity index (χ2v) is 5.31. The molecule has 2 aromatic carbocycles. The summed E-state index contributed by atoms with van der Waals surface area (Å²) in [4.78, 5) is 16.5. The van der Waals surface area contributed by atoms with Crippen LogP contribution in [0.25, 0.3) is 10.9 Å². The Morgan fingerprint density at radius 1 is 1.14 bits per heavy atom. The van der Waals surface area contributed by atoms with Crippen molar-refractivity contribution < 1.29 is 9.18 Å². The minimum absolute atomic E-state index is 0.307. The molecule has 1 amide bonds. The normalized spacial score (nSPS) is 10.6. The van der Waals surface area contributed by atoms with E-state index in [0.717, 1.165) is 10.9 Å². The molecule has 21 heavy (non-hydrogen) atoms. The predicted molar refractivity (Wildman–Crippen MR) is 83.8 cm³/mol. The fourth-order valence-corrected chi connectivity index (χ4v) is 2.61. The highest BCUT2D eigenvalue weighted by atomic mass is 79.9. The van der Waals surface area contributed by atoms with Crippen LogP contribution in [0.3, 0.4) is 0 Å². The molecule has 1 aromatic heterocycles. The Kier molecular flexibility index (Phi) is 3.66. The first-order chi connectivity index (χ1) is 10.1. The number of rotatable bonds is 2. The highest BCUT2D eigenvalue weighted by Crippen LogP contribution is 2.24. The van der Waals surface area contributed by atoms with Gasteiger partial charge in [0, 0.05) is 16.1 Å². The molecule has 0 saturated carbocycles. The second-order valence-electron chi connectivity index (χ2n) is 4.45. The first kappa shape index (κ1) is 13.7. The van der Waals surface area contributed by atoms with Gasteiger partial charge in [-0.1, -0.05) is 6.07 Å². The number of carbonyl (C=O) groups is 1. The number of hydrogen-bond donors (Lipinski definition) is 1. The van der Waals surface area contributed by atoms with E-state index in [2.05, 4.69) is 26.2 Å². The van der Waals surface area contributed by atoms with Crippen molar-refractivity contribution in [3.8, 4) is 0 Å². The molecule has 0 fully saturated rings. The highest BCUT2D eigenvalue weighted by Gasteiger charge is 2.12. The first-order valence-corrected chi connectivity index (χ1v) is 7.04. The number of pyridine rings is 1. The predicted octanol–water partition coefficient (Wildman–Crippen LogP) is 4.39. The van der Waals surface area contributed by atoms with Gasteiger partial charge >= 0.3 is 0 Å². The van der Waals surface area contributed by atoms with Gasteiger partial charge in [0.15, 0.2) is 0 Å². The molecule has 0 saturated heterocycles. The Bertz CT molecular complexity index is 830. The van der Waals surface area contributed by atoms with Crippen LogP contribution in [0.1, 0.15) is 10.4 Å². The largest absolute Gasteiger partial charge is 0.321 e. The van der Waals surface area contributed by atoms with Crippen molar-refractivity contribution in [2.24, 2.45) is 0 Å². The van der Waals surface area contributed by atoms with E-state index in [-0.39, 0.29) is 5.91 Å². The molecule has 5 heteroatoms. The molecule has 0 radical (unpaired) electrons. The van der Waals surface area contributed by atoms with Crippen LogP contribution < -0.4 is 5.32 Å². The summed E-state index contributed by atoms with van der Waals surface area (Å²) < 4.78 is 13.5. The molecular weight excluding hydrogens is 335 g/mol. The zero-order chi connectivity index (χ0) is 14.8. The molecule has 3 aromatic rings. The van der Waals surface area contributed by atoms with Gasteiger partial charge in [-0.2, -0.15) is 0 Å². The van der Waals surface area contributed by atoms with Gasteiger partial charge in [0.1, 0.15) is 5.82 Å². The van der Waals surface area contributed by atoms with Crippen molar-refractivity contribution in [3.63, 3.8) is 0 Å². The maximum absolute atomic E-state index is 13.1. The van der Waals surface area contributed by atoms with Crippen LogP contribution in [0, 0.1) is 5.82 Å². The van der Waals surface area contributed by atoms with Gasteiger partial charge in [-0.15, -0.1) is 0 Å². The molecule has 1 heterocycles. The van der Waals surface area contributed by atoms with Crippen LogP contribution in [0.5, 0.6) is 0 Å². The lowest BCUT2D eigenvalue weighted by Gasteiger charge is -2.09. The quantitative estimate of drug-likeness (QED) is 0.749. The lowest BCUT2D eigenvalue weighted by molar-refractivity contribution is 0.102. The molecule has 104 valence electrons. The number of benzene rings is 2. The maximum Gasteiger partial charge on any atom is 0.256 e. The van der Waals surface area contributed by atoms with E-state index >= 15 is 0 Å². The Balaban J connectivity index is 1.97. The van der Waals surface area contributed by atoms with Gasteiger partial charge < -0.3 is 5.32 Å². The average molecular weight is 345 g/mol. The number of halogens is 2. The van der Waals surface area contributed by atoms with E-state index in [1.807, 2.05) is 24.3 Å². The molecular formula is C16H10BrFN2O. The summed E-state index contributed by atoms with van der Waals surface area (Å²) in [5.74, 6) is -0.703. The van der Waals surface area contributed by atoms with Gasteiger partial charge in [-0.25, -0.2) is 4.39 Å². The van der Waals surface area contributed by atoms with Crippen LogP contribution >= 0.6 is 15.9 Å². The first-order valence-electron chi connectivity index (χ1n) is 6.25. The maximum atomic E-state index is 13.1. The molecule has 3 rings (SSSR count). The topological polar surface area (TPSA) is 42.0 Å². The molecule has 0 unspecified atom stereocenters. The van der Waals surface area contributed by atoms with Crippen LogP contribution in [-0.2, 0) is 0 Å². The van der Waals surface area contributed by atoms with Crippen molar-refractivity contribution in [2.45, 2.75) is 0 Å². The number of hydrogen-bond acceptors (Lipinski definition) is 2. The molecule has 3 nitrogen and oxygen atoms in total. The standard InChI is InChI=1S/C16H10BrFN2O/c17-13-9-10(18)6-7-11(13)16(21)20-15-5-1-4-14-12(15)3-2-8-19-14/h1-9H,(H,20,21). The molecule has 0 bridgehead atoms. The van der Waals surface area contributed by atoms with E-state index in [1.54, 1.807) is 12.3 Å². The number of nitrogens with zero attached hydrogens (tertiary/aromatic N) is 1. The summed E-state index contributed by atoms with van der Waals surface area (Å²) in [6, 6.07) is 13.2. The fourth-order valence-electron chi connectivity index (χ4n) is 2.08. The molecule has 1 N–H and O–H groups in total. The third-order valence-electron chi connectivity index (χ3n) is 3.07. The lowest BCUT2D eigenvalue weighted by Crippen LogP contribution is -2.13. The third kappa shape index (κ3) is 2.78. The Morgan fingerprint density at radius 2 is 2.00 bits per heavy atom. The average Bonchev–Trinajstić information content (AvgIpc) is 2.47. The van der Waals surface area contributed by atoms with Crippen LogP contribution in [-0.4, -0.2) is 10.9 Å². The van der Waals surface area contributed by atoms with Gasteiger partial charge in [-0.3, -0.25) is 9.78 Å². The Labute approximate surface area is 128 Å². The molecule has 0 aliphatic carbocycles. The van der Waals surface area contributed by atoms with E-state index in [9.17, 15) is 9.18 Å². The highest BCUT2D eigenvalue weighted by molar-refractivity contribution is 9.10. The summed E-state index contributed by atoms with van der Waals surface area (Å²) in [7, 11) is 0. The SMILES string of the molecule is O=C(Nc1cccc2ncccc12)c1ccc(F)cc1Br. The molecule has 0 aliphatic rings. The van der Waals surface area contributed by atoms with E-state index in [4.69, 9.17) is 0 Å². The minimum Gasteiger partial charge on any atom is -0.321 e. The Hall–Kier alpha value is -2.27. The summed E-state index contributed by atoms with van der Waals surface area (Å²) in [5, 5.41) is 3.68. The number of carbonyl (C=O) groups excluding carboxylic acids is 1. The van der Waals surface area contributed by atoms with E-state index in [0.29, 0.717) is 15.7 Å². The lowest BCUT2D eigenvalue weighted by atomic mass is 10.1. The number of aromatic nitrogens is 1. The molecule has 0 spiro atoms. The number of nitrogens with one attached hydrogen (secondary N) is 1. The molecule has 0 atom stereocenters. The van der Waals surface area contributed by atoms with Crippen LogP contribution in [0.2, 0.25) is 0 Å². The summed E-state index contributed by atoms with van der Waals surface area (Å²) in [6.45, 7) is 0. The van der Waals surface area contributed by atoms with Crippen molar-refractivity contribution in [1.29, 1.82) is 0 Å². The van der Waals surface area contributed by atoms with Crippen molar-refractivity contribution in [3.05, 3.63) is 70.6 Å². The number of amides is 1. The van der Waals surface area contributed by atoms with Gasteiger partial charge in [-0.05, 0) is 58.4 Å². The van der Waals surface area contributed by atoms with E-state index < -0.39 is 5.82 Å². The zero-order valence-electron chi connectivity index (χ0n) is 10.8.